The highest BCUT2D eigenvalue weighted by atomic mass is 32.1. The third kappa shape index (κ3) is 8.49. The van der Waals surface area contributed by atoms with Crippen LogP contribution in [0.4, 0.5) is 13.9 Å². The number of aromatic nitrogens is 1. The number of amides is 2. The van der Waals surface area contributed by atoms with Crippen LogP contribution in [-0.4, -0.2) is 22.8 Å². The van der Waals surface area contributed by atoms with Gasteiger partial charge in [-0.05, 0) is 56.7 Å². The molecule has 1 aromatic carbocycles. The molecular formula is C24H31F2N3O2S. The van der Waals surface area contributed by atoms with Gasteiger partial charge in [0.25, 0.3) is 0 Å². The number of hydrogen-bond donors (Lipinski definition) is 2. The van der Waals surface area contributed by atoms with Crippen LogP contribution in [0.2, 0.25) is 0 Å². The third-order valence-electron chi connectivity index (χ3n) is 4.91. The number of nitrogens with zero attached hydrogens (tertiary/aromatic N) is 1. The molecule has 0 saturated heterocycles. The van der Waals surface area contributed by atoms with Gasteiger partial charge < -0.3 is 10.6 Å². The van der Waals surface area contributed by atoms with Crippen molar-refractivity contribution in [2.24, 2.45) is 0 Å². The van der Waals surface area contributed by atoms with Gasteiger partial charge in [-0.3, -0.25) is 9.59 Å². The molecule has 2 amide bonds. The summed E-state index contributed by atoms with van der Waals surface area (Å²) in [5.74, 6) is -2.00. The summed E-state index contributed by atoms with van der Waals surface area (Å²) in [6.07, 6.45) is 6.87. The van der Waals surface area contributed by atoms with Crippen molar-refractivity contribution in [2.75, 3.05) is 5.32 Å². The number of halogens is 2. The largest absolute Gasteiger partial charge is 0.344 e. The van der Waals surface area contributed by atoms with E-state index in [0.29, 0.717) is 23.9 Å². The lowest BCUT2D eigenvalue weighted by Gasteiger charge is -2.17. The Bertz CT molecular complexity index is 934. The smallest absolute Gasteiger partial charge is 0.248 e. The first-order chi connectivity index (χ1) is 15.2. The fourth-order valence-electron chi connectivity index (χ4n) is 3.23. The maximum atomic E-state index is 13.4. The Morgan fingerprint density at radius 3 is 2.47 bits per heavy atom. The number of allylic oxidation sites excluding steroid dienone is 2. The number of nitrogens with one attached hydrogen (secondary N) is 2. The average Bonchev–Trinajstić information content (AvgIpc) is 3.15. The molecule has 0 aliphatic heterocycles. The lowest BCUT2D eigenvalue weighted by atomic mass is 10.0. The van der Waals surface area contributed by atoms with Crippen LogP contribution in [0.5, 0.6) is 0 Å². The highest BCUT2D eigenvalue weighted by Gasteiger charge is 2.22. The van der Waals surface area contributed by atoms with Crippen LogP contribution in [0.3, 0.4) is 0 Å². The Kier molecular flexibility index (Phi) is 9.97. The Hall–Kier alpha value is -2.61. The van der Waals surface area contributed by atoms with Crippen molar-refractivity contribution in [3.63, 3.8) is 0 Å². The molecular weight excluding hydrogens is 432 g/mol. The lowest BCUT2D eigenvalue weighted by molar-refractivity contribution is -0.126. The molecule has 0 saturated carbocycles. The topological polar surface area (TPSA) is 71.1 Å². The van der Waals surface area contributed by atoms with Crippen LogP contribution < -0.4 is 10.6 Å². The van der Waals surface area contributed by atoms with Gasteiger partial charge in [0.2, 0.25) is 11.8 Å². The summed E-state index contributed by atoms with van der Waals surface area (Å²) in [5, 5.41) is 5.94. The molecule has 0 spiro atoms. The van der Waals surface area contributed by atoms with Crippen molar-refractivity contribution >= 4 is 28.3 Å². The summed E-state index contributed by atoms with van der Waals surface area (Å²) in [4.78, 5) is 30.5. The molecule has 0 bridgehead atoms. The first kappa shape index (κ1) is 25.6. The van der Waals surface area contributed by atoms with E-state index in [1.807, 2.05) is 6.92 Å². The fraction of sp³-hybridized carbons (Fsp3) is 0.458. The Labute approximate surface area is 192 Å². The van der Waals surface area contributed by atoms with Gasteiger partial charge in [0.05, 0.1) is 6.42 Å². The number of carbonyl (C=O) groups excluding carboxylic acids is 2. The molecule has 2 rings (SSSR count). The number of rotatable bonds is 11. The molecule has 0 fully saturated rings. The summed E-state index contributed by atoms with van der Waals surface area (Å²) in [5.41, 5.74) is 1.50. The first-order valence-corrected chi connectivity index (χ1v) is 11.6. The van der Waals surface area contributed by atoms with Gasteiger partial charge in [0.1, 0.15) is 17.7 Å². The molecule has 0 radical (unpaired) electrons. The van der Waals surface area contributed by atoms with Crippen LogP contribution in [-0.2, 0) is 16.0 Å². The molecule has 2 atom stereocenters. The third-order valence-corrected chi connectivity index (χ3v) is 6.05. The molecule has 174 valence electrons. The highest BCUT2D eigenvalue weighted by molar-refractivity contribution is 7.15. The van der Waals surface area contributed by atoms with Crippen LogP contribution in [0.1, 0.15) is 69.7 Å². The van der Waals surface area contributed by atoms with Crippen LogP contribution in [0.15, 0.2) is 36.0 Å². The number of thiazole rings is 1. The second kappa shape index (κ2) is 12.4. The van der Waals surface area contributed by atoms with E-state index in [1.54, 1.807) is 6.20 Å². The molecule has 2 N–H and O–H groups in total. The summed E-state index contributed by atoms with van der Waals surface area (Å²) >= 11 is 1.43. The molecule has 0 aliphatic carbocycles. The minimum Gasteiger partial charge on any atom is -0.344 e. The number of carbonyl (C=O) groups is 2. The number of anilines is 1. The van der Waals surface area contributed by atoms with Crippen LogP contribution in [0, 0.1) is 11.6 Å². The van der Waals surface area contributed by atoms with Crippen molar-refractivity contribution < 1.29 is 18.4 Å². The highest BCUT2D eigenvalue weighted by Crippen LogP contribution is 2.29. The standard InChI is InChI=1S/C24H31F2N3O2S/c1-5-7-20(28-22(30)12-17-10-18(25)13-19(26)11-17)23(31)29-24-27-14-21(32-24)16(4)9-6-8-15(2)3/h8,10-11,13-14,16,20H,5-7,9,12H2,1-4H3,(H,28,30)(H,27,29,31). The molecule has 32 heavy (non-hydrogen) atoms. The van der Waals surface area contributed by atoms with E-state index in [2.05, 4.69) is 42.5 Å². The second-order valence-corrected chi connectivity index (χ2v) is 9.24. The molecule has 2 aromatic rings. The van der Waals surface area contributed by atoms with Gasteiger partial charge in [0, 0.05) is 17.1 Å². The minimum absolute atomic E-state index is 0.210. The lowest BCUT2D eigenvalue weighted by Crippen LogP contribution is -2.44. The van der Waals surface area contributed by atoms with Gasteiger partial charge in [0.15, 0.2) is 5.13 Å². The van der Waals surface area contributed by atoms with Crippen LogP contribution in [0.25, 0.3) is 0 Å². The zero-order valence-corrected chi connectivity index (χ0v) is 19.8. The zero-order chi connectivity index (χ0) is 23.7. The van der Waals surface area contributed by atoms with Crippen molar-refractivity contribution in [3.8, 4) is 0 Å². The van der Waals surface area contributed by atoms with E-state index in [-0.39, 0.29) is 17.9 Å². The maximum absolute atomic E-state index is 13.4. The maximum Gasteiger partial charge on any atom is 0.248 e. The zero-order valence-electron chi connectivity index (χ0n) is 19.0. The van der Waals surface area contributed by atoms with Gasteiger partial charge in [-0.1, -0.05) is 31.9 Å². The van der Waals surface area contributed by atoms with Crippen molar-refractivity contribution in [2.45, 2.75) is 71.8 Å². The summed E-state index contributed by atoms with van der Waals surface area (Å²) < 4.78 is 26.7. The molecule has 5 nitrogen and oxygen atoms in total. The predicted octanol–water partition coefficient (Wildman–Crippen LogP) is 5.74. The number of benzene rings is 1. The molecule has 1 aromatic heterocycles. The van der Waals surface area contributed by atoms with Crippen molar-refractivity contribution in [1.82, 2.24) is 10.3 Å². The first-order valence-electron chi connectivity index (χ1n) is 10.8. The molecule has 2 unspecified atom stereocenters. The van der Waals surface area contributed by atoms with Gasteiger partial charge >= 0.3 is 0 Å². The SMILES string of the molecule is CCCC(NC(=O)Cc1cc(F)cc(F)c1)C(=O)Nc1ncc(C(C)CCC=C(C)C)s1. The number of hydrogen-bond acceptors (Lipinski definition) is 4. The van der Waals surface area contributed by atoms with Gasteiger partial charge in [-0.15, -0.1) is 11.3 Å². The summed E-state index contributed by atoms with van der Waals surface area (Å²) in [7, 11) is 0. The normalized spacial score (nSPS) is 12.7. The van der Waals surface area contributed by atoms with Crippen molar-refractivity contribution in [1.29, 1.82) is 0 Å². The average molecular weight is 464 g/mol. The quantitative estimate of drug-likeness (QED) is 0.418. The molecule has 8 heteroatoms. The summed E-state index contributed by atoms with van der Waals surface area (Å²) in [6, 6.07) is 2.20. The van der Waals surface area contributed by atoms with Gasteiger partial charge in [-0.25, -0.2) is 13.8 Å². The van der Waals surface area contributed by atoms with E-state index in [0.717, 1.165) is 35.9 Å². The summed E-state index contributed by atoms with van der Waals surface area (Å²) in [6.45, 7) is 8.19. The second-order valence-electron chi connectivity index (χ2n) is 8.18. The Morgan fingerprint density at radius 2 is 1.84 bits per heavy atom. The fourth-order valence-corrected chi connectivity index (χ4v) is 4.13. The predicted molar refractivity (Wildman–Crippen MR) is 125 cm³/mol. The monoisotopic (exact) mass is 463 g/mol. The van der Waals surface area contributed by atoms with E-state index >= 15 is 0 Å². The van der Waals surface area contributed by atoms with E-state index in [1.165, 1.54) is 16.9 Å². The molecule has 0 aliphatic rings. The van der Waals surface area contributed by atoms with Crippen molar-refractivity contribution in [3.05, 3.63) is 58.1 Å². The van der Waals surface area contributed by atoms with E-state index < -0.39 is 23.6 Å². The molecule has 1 heterocycles. The van der Waals surface area contributed by atoms with E-state index in [9.17, 15) is 18.4 Å². The van der Waals surface area contributed by atoms with Gasteiger partial charge in [-0.2, -0.15) is 0 Å². The Balaban J connectivity index is 1.95. The minimum atomic E-state index is -0.756. The Morgan fingerprint density at radius 1 is 1.16 bits per heavy atom. The van der Waals surface area contributed by atoms with E-state index in [4.69, 9.17) is 0 Å². The van der Waals surface area contributed by atoms with Crippen LogP contribution >= 0.6 is 11.3 Å².